The van der Waals surface area contributed by atoms with E-state index in [0.717, 1.165) is 6.07 Å². The number of anilines is 1. The maximum Gasteiger partial charge on any atom is 0.416 e. The summed E-state index contributed by atoms with van der Waals surface area (Å²) in [6, 6.07) is 6.45. The Morgan fingerprint density at radius 1 is 1.19 bits per heavy atom. The van der Waals surface area contributed by atoms with Crippen molar-refractivity contribution in [2.24, 2.45) is 0 Å². The lowest BCUT2D eigenvalue weighted by atomic mass is 10.1. The highest BCUT2D eigenvalue weighted by molar-refractivity contribution is 6.34. The molecule has 3 rings (SSSR count). The third kappa shape index (κ3) is 4.58. The zero-order chi connectivity index (χ0) is 19.6. The molecule has 0 spiro atoms. The first-order valence-electron chi connectivity index (χ1n) is 7.54. The second-order valence-corrected chi connectivity index (χ2v) is 6.35. The number of hydrogen-bond donors (Lipinski definition) is 1. The van der Waals surface area contributed by atoms with Gasteiger partial charge in [-0.05, 0) is 23.8 Å². The molecule has 0 fully saturated rings. The van der Waals surface area contributed by atoms with Crippen LogP contribution in [0.4, 0.5) is 19.0 Å². The molecule has 0 aliphatic rings. The van der Waals surface area contributed by atoms with Crippen molar-refractivity contribution >= 4 is 34.9 Å². The number of halogens is 5. The number of aromatic nitrogens is 3. The Morgan fingerprint density at radius 2 is 1.96 bits per heavy atom. The highest BCUT2D eigenvalue weighted by Crippen LogP contribution is 2.34. The maximum absolute atomic E-state index is 13.2. The van der Waals surface area contributed by atoms with E-state index in [1.807, 2.05) is 0 Å². The summed E-state index contributed by atoms with van der Waals surface area (Å²) in [6.07, 6.45) is -0.339. The van der Waals surface area contributed by atoms with Gasteiger partial charge in [0.2, 0.25) is 0 Å². The highest BCUT2D eigenvalue weighted by Gasteiger charge is 2.33. The minimum absolute atomic E-state index is 0.00468. The van der Waals surface area contributed by atoms with Crippen molar-refractivity contribution in [3.05, 3.63) is 75.7 Å². The van der Waals surface area contributed by atoms with Gasteiger partial charge in [0.25, 0.3) is 5.91 Å². The van der Waals surface area contributed by atoms with E-state index in [2.05, 4.69) is 15.4 Å². The number of benzene rings is 1. The van der Waals surface area contributed by atoms with E-state index in [0.29, 0.717) is 0 Å². The first-order chi connectivity index (χ1) is 12.7. The molecule has 27 heavy (non-hydrogen) atoms. The average Bonchev–Trinajstić information content (AvgIpc) is 3.03. The average molecular weight is 415 g/mol. The largest absolute Gasteiger partial charge is 0.416 e. The fourth-order valence-electron chi connectivity index (χ4n) is 2.38. The normalized spacial score (nSPS) is 11.4. The Labute approximate surface area is 161 Å². The van der Waals surface area contributed by atoms with Gasteiger partial charge in [-0.25, -0.2) is 0 Å². The number of nitrogens with zero attached hydrogens (tertiary/aromatic N) is 3. The lowest BCUT2D eigenvalue weighted by Crippen LogP contribution is -2.14. The van der Waals surface area contributed by atoms with E-state index >= 15 is 0 Å². The van der Waals surface area contributed by atoms with Gasteiger partial charge in [-0.15, -0.1) is 0 Å². The molecule has 140 valence electrons. The summed E-state index contributed by atoms with van der Waals surface area (Å²) in [5.41, 5.74) is -0.622. The molecule has 0 aliphatic heterocycles. The molecule has 5 nitrogen and oxygen atoms in total. The van der Waals surface area contributed by atoms with Crippen LogP contribution < -0.4 is 5.32 Å². The molecule has 10 heteroatoms. The highest BCUT2D eigenvalue weighted by atomic mass is 35.5. The van der Waals surface area contributed by atoms with E-state index < -0.39 is 17.6 Å². The molecule has 0 saturated heterocycles. The third-order valence-electron chi connectivity index (χ3n) is 3.61. The standard InChI is InChI=1S/C17H11Cl2F3N4O/c18-11-2-1-10(13(7-11)17(20,21)22)9-26-6-4-15(25-26)24-16(27)12-3-5-23-8-14(12)19/h1-8H,9H2,(H,24,25,27). The van der Waals surface area contributed by atoms with Gasteiger partial charge in [-0.3, -0.25) is 14.5 Å². The first-order valence-corrected chi connectivity index (χ1v) is 8.29. The molecule has 2 heterocycles. The second-order valence-electron chi connectivity index (χ2n) is 5.51. The fourth-order valence-corrected chi connectivity index (χ4v) is 2.76. The van der Waals surface area contributed by atoms with E-state index in [1.54, 1.807) is 0 Å². The second kappa shape index (κ2) is 7.58. The number of hydrogen-bond acceptors (Lipinski definition) is 3. The van der Waals surface area contributed by atoms with E-state index in [9.17, 15) is 18.0 Å². The number of pyridine rings is 1. The van der Waals surface area contributed by atoms with Crippen LogP contribution in [0.3, 0.4) is 0 Å². The summed E-state index contributed by atoms with van der Waals surface area (Å²) in [7, 11) is 0. The Balaban J connectivity index is 1.78. The summed E-state index contributed by atoms with van der Waals surface area (Å²) >= 11 is 11.6. The van der Waals surface area contributed by atoms with Crippen LogP contribution in [0.15, 0.2) is 48.9 Å². The number of rotatable bonds is 4. The smallest absolute Gasteiger partial charge is 0.305 e. The van der Waals surface area contributed by atoms with Crippen LogP contribution in [-0.2, 0) is 12.7 Å². The lowest BCUT2D eigenvalue weighted by Gasteiger charge is -2.13. The Bertz CT molecular complexity index is 988. The third-order valence-corrected chi connectivity index (χ3v) is 4.15. The van der Waals surface area contributed by atoms with Gasteiger partial charge in [0.05, 0.1) is 22.7 Å². The summed E-state index contributed by atoms with van der Waals surface area (Å²) in [5.74, 6) is -0.328. The molecule has 3 aromatic rings. The van der Waals surface area contributed by atoms with E-state index in [-0.39, 0.29) is 33.5 Å². The van der Waals surface area contributed by atoms with Crippen molar-refractivity contribution in [1.29, 1.82) is 0 Å². The number of carbonyl (C=O) groups excluding carboxylic acids is 1. The van der Waals surface area contributed by atoms with E-state index in [1.165, 1.54) is 47.5 Å². The molecule has 0 unspecified atom stereocenters. The molecular formula is C17H11Cl2F3N4O. The van der Waals surface area contributed by atoms with Crippen molar-refractivity contribution in [3.63, 3.8) is 0 Å². The lowest BCUT2D eigenvalue weighted by molar-refractivity contribution is -0.138. The molecule has 1 amide bonds. The van der Waals surface area contributed by atoms with Crippen LogP contribution in [0.25, 0.3) is 0 Å². The number of nitrogens with one attached hydrogen (secondary N) is 1. The number of alkyl halides is 3. The molecule has 0 radical (unpaired) electrons. The van der Waals surface area contributed by atoms with Gasteiger partial charge in [-0.2, -0.15) is 18.3 Å². The Morgan fingerprint density at radius 3 is 2.67 bits per heavy atom. The Hall–Kier alpha value is -2.58. The topological polar surface area (TPSA) is 59.8 Å². The maximum atomic E-state index is 13.2. The van der Waals surface area contributed by atoms with Crippen molar-refractivity contribution < 1.29 is 18.0 Å². The minimum Gasteiger partial charge on any atom is -0.305 e. The zero-order valence-electron chi connectivity index (χ0n) is 13.5. The van der Waals surface area contributed by atoms with Crippen molar-refractivity contribution in [1.82, 2.24) is 14.8 Å². The monoisotopic (exact) mass is 414 g/mol. The molecule has 0 saturated carbocycles. The van der Waals surface area contributed by atoms with Crippen molar-refractivity contribution in [2.75, 3.05) is 5.32 Å². The molecule has 1 aromatic carbocycles. The summed E-state index contributed by atoms with van der Waals surface area (Å²) in [5, 5.41) is 6.77. The van der Waals surface area contributed by atoms with E-state index in [4.69, 9.17) is 23.2 Å². The molecule has 2 aromatic heterocycles. The first kappa shape index (κ1) is 19.2. The van der Waals surface area contributed by atoms with Crippen LogP contribution in [0, 0.1) is 0 Å². The van der Waals surface area contributed by atoms with Crippen LogP contribution in [-0.4, -0.2) is 20.7 Å². The predicted molar refractivity (Wildman–Crippen MR) is 95.0 cm³/mol. The van der Waals surface area contributed by atoms with Crippen LogP contribution in [0.2, 0.25) is 10.0 Å². The Kier molecular flexibility index (Phi) is 5.38. The summed E-state index contributed by atoms with van der Waals surface area (Å²) < 4.78 is 40.8. The fraction of sp³-hybridized carbons (Fsp3) is 0.118. The molecule has 0 atom stereocenters. The van der Waals surface area contributed by atoms with Crippen molar-refractivity contribution in [2.45, 2.75) is 12.7 Å². The number of amides is 1. The zero-order valence-corrected chi connectivity index (χ0v) is 15.0. The van der Waals surface area contributed by atoms with Gasteiger partial charge in [0.1, 0.15) is 0 Å². The van der Waals surface area contributed by atoms with Crippen LogP contribution >= 0.6 is 23.2 Å². The quantitative estimate of drug-likeness (QED) is 0.659. The molecule has 0 aliphatic carbocycles. The predicted octanol–water partition coefficient (Wildman–Crippen LogP) is 4.90. The van der Waals surface area contributed by atoms with Gasteiger partial charge >= 0.3 is 6.18 Å². The van der Waals surface area contributed by atoms with Gasteiger partial charge in [0.15, 0.2) is 5.82 Å². The molecule has 1 N–H and O–H groups in total. The SMILES string of the molecule is O=C(Nc1ccn(Cc2ccc(Cl)cc2C(F)(F)F)n1)c1ccncc1Cl. The molecule has 0 bridgehead atoms. The molecular weight excluding hydrogens is 404 g/mol. The summed E-state index contributed by atoms with van der Waals surface area (Å²) in [6.45, 7) is -0.141. The van der Waals surface area contributed by atoms with Gasteiger partial charge < -0.3 is 5.32 Å². The summed E-state index contributed by atoms with van der Waals surface area (Å²) in [4.78, 5) is 16.0. The van der Waals surface area contributed by atoms with Gasteiger partial charge in [-0.1, -0.05) is 29.3 Å². The minimum atomic E-state index is -4.54. The van der Waals surface area contributed by atoms with Gasteiger partial charge in [0, 0.05) is 29.7 Å². The van der Waals surface area contributed by atoms with Crippen molar-refractivity contribution in [3.8, 4) is 0 Å². The van der Waals surface area contributed by atoms with Crippen LogP contribution in [0.1, 0.15) is 21.5 Å². The van der Waals surface area contributed by atoms with Crippen LogP contribution in [0.5, 0.6) is 0 Å². The number of carbonyl (C=O) groups is 1.